The van der Waals surface area contributed by atoms with Crippen LogP contribution in [0.2, 0.25) is 5.02 Å². The van der Waals surface area contributed by atoms with Gasteiger partial charge in [-0.15, -0.1) is 0 Å². The third-order valence-corrected chi connectivity index (χ3v) is 3.51. The first-order valence-electron chi connectivity index (χ1n) is 6.61. The maximum atomic E-state index is 11.0. The second kappa shape index (κ2) is 6.61. The normalized spacial score (nSPS) is 10.8. The van der Waals surface area contributed by atoms with Gasteiger partial charge in [0.2, 0.25) is 0 Å². The Morgan fingerprint density at radius 2 is 2.35 bits per heavy atom. The van der Waals surface area contributed by atoms with Gasteiger partial charge in [0.05, 0.1) is 12.1 Å². The number of hydrogen-bond donors (Lipinski definition) is 1. The van der Waals surface area contributed by atoms with Gasteiger partial charge in [-0.05, 0) is 24.5 Å². The minimum atomic E-state index is -0.405. The van der Waals surface area contributed by atoms with E-state index in [-0.39, 0.29) is 0 Å². The first-order valence-corrected chi connectivity index (χ1v) is 6.99. The minimum absolute atomic E-state index is 0.405. The van der Waals surface area contributed by atoms with E-state index in [0.29, 0.717) is 6.54 Å². The Kier molecular flexibility index (Phi) is 4.84. The zero-order valence-corrected chi connectivity index (χ0v) is 12.4. The molecule has 0 aromatic carbocycles. The zero-order chi connectivity index (χ0) is 14.5. The largest absolute Gasteiger partial charge is 0.453 e. The predicted octanol–water partition coefficient (Wildman–Crippen LogP) is 3.00. The Labute approximate surface area is 122 Å². The number of nitrogens with one attached hydrogen (secondary N) is 1. The van der Waals surface area contributed by atoms with Crippen LogP contribution in [0.1, 0.15) is 18.9 Å². The fourth-order valence-corrected chi connectivity index (χ4v) is 2.47. The highest BCUT2D eigenvalue weighted by Crippen LogP contribution is 2.27. The van der Waals surface area contributed by atoms with E-state index in [2.05, 4.69) is 32.7 Å². The molecule has 0 saturated heterocycles. The molecule has 2 aromatic heterocycles. The molecular formula is C14H18ClN3O2. The topological polar surface area (TPSA) is 56.2 Å². The molecule has 20 heavy (non-hydrogen) atoms. The van der Waals surface area contributed by atoms with Crippen molar-refractivity contribution < 1.29 is 9.53 Å². The minimum Gasteiger partial charge on any atom is -0.453 e. The third kappa shape index (κ3) is 3.04. The fourth-order valence-electron chi connectivity index (χ4n) is 2.21. The van der Waals surface area contributed by atoms with Crippen molar-refractivity contribution in [2.24, 2.45) is 0 Å². The fraction of sp³-hybridized carbons (Fsp3) is 0.429. The molecule has 2 heterocycles. The summed E-state index contributed by atoms with van der Waals surface area (Å²) < 4.78 is 6.61. The summed E-state index contributed by atoms with van der Waals surface area (Å²) in [6, 6.07) is 1.81. The molecule has 0 saturated carbocycles. The molecule has 1 N–H and O–H groups in total. The first-order chi connectivity index (χ1) is 9.67. The van der Waals surface area contributed by atoms with Gasteiger partial charge >= 0.3 is 6.09 Å². The summed E-state index contributed by atoms with van der Waals surface area (Å²) >= 11 is 6.25. The molecule has 2 rings (SSSR count). The lowest BCUT2D eigenvalue weighted by Gasteiger charge is -2.06. The number of fused-ring (bicyclic) bond motifs is 1. The second-order valence-electron chi connectivity index (χ2n) is 4.46. The molecule has 108 valence electrons. The number of carbonyl (C=O) groups excluding carboxylic acids is 1. The van der Waals surface area contributed by atoms with Gasteiger partial charge in [0.1, 0.15) is 5.65 Å². The van der Waals surface area contributed by atoms with E-state index in [9.17, 15) is 4.79 Å². The molecule has 1 amide bonds. The number of aryl methyl sites for hydroxylation is 2. The van der Waals surface area contributed by atoms with Gasteiger partial charge < -0.3 is 14.6 Å². The quantitative estimate of drug-likeness (QED) is 0.863. The number of carbonyl (C=O) groups is 1. The van der Waals surface area contributed by atoms with Crippen LogP contribution in [0.4, 0.5) is 4.79 Å². The molecule has 0 aliphatic carbocycles. The van der Waals surface area contributed by atoms with Gasteiger partial charge in [0.25, 0.3) is 0 Å². The van der Waals surface area contributed by atoms with Gasteiger partial charge in [0, 0.05) is 30.9 Å². The average Bonchev–Trinajstić information content (AvgIpc) is 2.83. The average molecular weight is 296 g/mol. The van der Waals surface area contributed by atoms with Crippen LogP contribution in [0.25, 0.3) is 11.0 Å². The molecule has 0 aliphatic heterocycles. The maximum Gasteiger partial charge on any atom is 0.406 e. The lowest BCUT2D eigenvalue weighted by molar-refractivity contribution is 0.171. The number of pyridine rings is 1. The van der Waals surface area contributed by atoms with Crippen LogP contribution in [0.5, 0.6) is 0 Å². The summed E-state index contributed by atoms with van der Waals surface area (Å²) in [7, 11) is 1.36. The van der Waals surface area contributed by atoms with Crippen molar-refractivity contribution in [3.8, 4) is 0 Å². The number of amides is 1. The monoisotopic (exact) mass is 295 g/mol. The molecule has 6 heteroatoms. The van der Waals surface area contributed by atoms with Gasteiger partial charge in [-0.2, -0.15) is 0 Å². The van der Waals surface area contributed by atoms with Crippen molar-refractivity contribution in [1.29, 1.82) is 0 Å². The Morgan fingerprint density at radius 3 is 3.05 bits per heavy atom. The molecule has 0 spiro atoms. The second-order valence-corrected chi connectivity index (χ2v) is 4.87. The van der Waals surface area contributed by atoms with E-state index in [1.165, 1.54) is 12.7 Å². The van der Waals surface area contributed by atoms with E-state index in [0.717, 1.165) is 35.4 Å². The van der Waals surface area contributed by atoms with Gasteiger partial charge in [-0.25, -0.2) is 9.78 Å². The number of aromatic nitrogens is 2. The Balaban J connectivity index is 2.11. The standard InChI is InChI=1S/C14H18ClN3O2/c1-3-10-9-18(8-4-6-17-14(19)20-2)13-12(10)11(15)5-7-16-13/h5,7,9H,3-4,6,8H2,1-2H3,(H,17,19). The van der Waals surface area contributed by atoms with Crippen molar-refractivity contribution in [3.05, 3.63) is 29.0 Å². The SMILES string of the molecule is CCc1cn(CCCNC(=O)OC)c2nccc(Cl)c12. The first kappa shape index (κ1) is 14.7. The van der Waals surface area contributed by atoms with Gasteiger partial charge in [0.15, 0.2) is 0 Å². The molecule has 5 nitrogen and oxygen atoms in total. The van der Waals surface area contributed by atoms with E-state index < -0.39 is 6.09 Å². The molecule has 0 fully saturated rings. The molecule has 0 aliphatic rings. The highest BCUT2D eigenvalue weighted by atomic mass is 35.5. The Bertz CT molecular complexity index is 610. The highest BCUT2D eigenvalue weighted by molar-refractivity contribution is 6.35. The molecule has 0 unspecified atom stereocenters. The number of nitrogens with zero attached hydrogens (tertiary/aromatic N) is 2. The van der Waals surface area contributed by atoms with Crippen LogP contribution in [0, 0.1) is 0 Å². The van der Waals surface area contributed by atoms with Crippen LogP contribution < -0.4 is 5.32 Å². The molecule has 0 radical (unpaired) electrons. The number of ether oxygens (including phenoxy) is 1. The van der Waals surface area contributed by atoms with E-state index >= 15 is 0 Å². The van der Waals surface area contributed by atoms with Crippen LogP contribution in [0.15, 0.2) is 18.5 Å². The van der Waals surface area contributed by atoms with Crippen molar-refractivity contribution in [1.82, 2.24) is 14.9 Å². The Morgan fingerprint density at radius 1 is 1.55 bits per heavy atom. The summed E-state index contributed by atoms with van der Waals surface area (Å²) in [5.41, 5.74) is 2.09. The van der Waals surface area contributed by atoms with Crippen molar-refractivity contribution in [2.75, 3.05) is 13.7 Å². The number of halogens is 1. The lowest BCUT2D eigenvalue weighted by atomic mass is 10.2. The van der Waals surface area contributed by atoms with Gasteiger partial charge in [-0.1, -0.05) is 18.5 Å². The van der Waals surface area contributed by atoms with Crippen LogP contribution in [0.3, 0.4) is 0 Å². The number of methoxy groups -OCH3 is 1. The summed E-state index contributed by atoms with van der Waals surface area (Å²) in [6.45, 7) is 3.43. The summed E-state index contributed by atoms with van der Waals surface area (Å²) in [6.07, 6.45) is 5.11. The third-order valence-electron chi connectivity index (χ3n) is 3.20. The van der Waals surface area contributed by atoms with E-state index in [1.54, 1.807) is 6.20 Å². The van der Waals surface area contributed by atoms with Crippen LogP contribution in [-0.2, 0) is 17.7 Å². The van der Waals surface area contributed by atoms with E-state index in [4.69, 9.17) is 11.6 Å². The number of hydrogen-bond acceptors (Lipinski definition) is 3. The van der Waals surface area contributed by atoms with Crippen molar-refractivity contribution in [3.63, 3.8) is 0 Å². The highest BCUT2D eigenvalue weighted by Gasteiger charge is 2.11. The summed E-state index contributed by atoms with van der Waals surface area (Å²) in [4.78, 5) is 15.4. The van der Waals surface area contributed by atoms with Crippen LogP contribution in [-0.4, -0.2) is 29.3 Å². The van der Waals surface area contributed by atoms with Crippen molar-refractivity contribution >= 4 is 28.7 Å². The number of alkyl carbamates (subject to hydrolysis) is 1. The van der Waals surface area contributed by atoms with E-state index in [1.807, 2.05) is 6.07 Å². The molecule has 0 atom stereocenters. The molecule has 2 aromatic rings. The smallest absolute Gasteiger partial charge is 0.406 e. The zero-order valence-electron chi connectivity index (χ0n) is 11.6. The summed E-state index contributed by atoms with van der Waals surface area (Å²) in [5, 5.41) is 4.42. The van der Waals surface area contributed by atoms with Gasteiger partial charge in [-0.3, -0.25) is 0 Å². The molecule has 0 bridgehead atoms. The Hall–Kier alpha value is -1.75. The number of rotatable bonds is 5. The maximum absolute atomic E-state index is 11.0. The van der Waals surface area contributed by atoms with Crippen molar-refractivity contribution in [2.45, 2.75) is 26.3 Å². The predicted molar refractivity (Wildman–Crippen MR) is 79.1 cm³/mol. The summed E-state index contributed by atoms with van der Waals surface area (Å²) in [5.74, 6) is 0. The molecular weight excluding hydrogens is 278 g/mol. The van der Waals surface area contributed by atoms with Crippen LogP contribution >= 0.6 is 11.6 Å². The lowest BCUT2D eigenvalue weighted by Crippen LogP contribution is -2.24.